The molecule has 0 atom stereocenters. The molecule has 0 fully saturated rings. The van der Waals surface area contributed by atoms with E-state index in [0.717, 1.165) is 6.07 Å². The van der Waals surface area contributed by atoms with Gasteiger partial charge in [0.2, 0.25) is 0 Å². The van der Waals surface area contributed by atoms with Gasteiger partial charge in [0.15, 0.2) is 0 Å². The Bertz CT molecular complexity index is 629. The maximum atomic E-state index is 12.9. The van der Waals surface area contributed by atoms with Gasteiger partial charge in [-0.25, -0.2) is 4.79 Å². The first kappa shape index (κ1) is 13.2. The van der Waals surface area contributed by atoms with Crippen LogP contribution in [-0.4, -0.2) is 15.6 Å². The van der Waals surface area contributed by atoms with Gasteiger partial charge in [-0.2, -0.15) is 13.2 Å². The number of benzene rings is 1. The Morgan fingerprint density at radius 3 is 2.42 bits per heavy atom. The Kier molecular flexibility index (Phi) is 3.09. The Hall–Kier alpha value is -2.24. The number of aryl methyl sites for hydroxylation is 1. The van der Waals surface area contributed by atoms with Crippen molar-refractivity contribution in [1.82, 2.24) is 4.57 Å². The van der Waals surface area contributed by atoms with Crippen molar-refractivity contribution in [3.05, 3.63) is 47.7 Å². The Morgan fingerprint density at radius 1 is 1.26 bits per heavy atom. The van der Waals surface area contributed by atoms with Gasteiger partial charge in [0.1, 0.15) is 0 Å². The Labute approximate surface area is 106 Å². The number of nitrogens with zero attached hydrogens (tertiary/aromatic N) is 1. The van der Waals surface area contributed by atoms with Crippen LogP contribution >= 0.6 is 0 Å². The third-order valence-corrected chi connectivity index (χ3v) is 2.76. The number of carbonyl (C=O) groups is 1. The minimum atomic E-state index is -4.48. The normalized spacial score (nSPS) is 11.6. The van der Waals surface area contributed by atoms with Crippen LogP contribution in [0.5, 0.6) is 0 Å². The summed E-state index contributed by atoms with van der Waals surface area (Å²) in [4.78, 5) is 10.8. The maximum Gasteiger partial charge on any atom is 0.417 e. The third-order valence-electron chi connectivity index (χ3n) is 2.76. The van der Waals surface area contributed by atoms with Crippen LogP contribution in [0.3, 0.4) is 0 Å². The summed E-state index contributed by atoms with van der Waals surface area (Å²) in [6.07, 6.45) is -3.20. The van der Waals surface area contributed by atoms with Crippen LogP contribution in [0.1, 0.15) is 15.9 Å². The predicted molar refractivity (Wildman–Crippen MR) is 62.8 cm³/mol. The lowest BCUT2D eigenvalue weighted by Gasteiger charge is -2.13. The molecule has 2 rings (SSSR count). The molecule has 0 radical (unpaired) electrons. The van der Waals surface area contributed by atoms with Crippen LogP contribution < -0.4 is 0 Å². The van der Waals surface area contributed by atoms with E-state index in [1.807, 2.05) is 0 Å². The molecular weight excluding hydrogens is 259 g/mol. The van der Waals surface area contributed by atoms with Gasteiger partial charge in [0.05, 0.1) is 11.1 Å². The summed E-state index contributed by atoms with van der Waals surface area (Å²) in [6.45, 7) is 0. The second-order valence-corrected chi connectivity index (χ2v) is 4.07. The van der Waals surface area contributed by atoms with Crippen molar-refractivity contribution >= 4 is 5.97 Å². The summed E-state index contributed by atoms with van der Waals surface area (Å²) in [7, 11) is 1.51. The van der Waals surface area contributed by atoms with Crippen molar-refractivity contribution in [2.75, 3.05) is 0 Å². The predicted octanol–water partition coefficient (Wildman–Crippen LogP) is 3.41. The summed E-state index contributed by atoms with van der Waals surface area (Å²) < 4.78 is 40.1. The van der Waals surface area contributed by atoms with E-state index >= 15 is 0 Å². The molecule has 19 heavy (non-hydrogen) atoms. The molecule has 100 valence electrons. The molecule has 0 aliphatic heterocycles. The lowest BCUT2D eigenvalue weighted by atomic mass is 10.0. The molecule has 0 aliphatic rings. The lowest BCUT2D eigenvalue weighted by molar-refractivity contribution is -0.137. The van der Waals surface area contributed by atoms with Gasteiger partial charge >= 0.3 is 12.1 Å². The fraction of sp³-hybridized carbons (Fsp3) is 0.154. The van der Waals surface area contributed by atoms with Gasteiger partial charge in [-0.3, -0.25) is 0 Å². The average molecular weight is 269 g/mol. The fourth-order valence-corrected chi connectivity index (χ4v) is 1.90. The standard InChI is InChI=1S/C13H10F3NO2/c1-17-7-8(12(18)19)6-11(17)9-4-2-3-5-10(9)13(14,15)16/h2-7H,1H3,(H,18,19). The van der Waals surface area contributed by atoms with Gasteiger partial charge in [0.25, 0.3) is 0 Å². The summed E-state index contributed by atoms with van der Waals surface area (Å²) in [5.74, 6) is -1.17. The van der Waals surface area contributed by atoms with Crippen LogP contribution in [0, 0.1) is 0 Å². The highest BCUT2D eigenvalue weighted by molar-refractivity contribution is 5.89. The van der Waals surface area contributed by atoms with E-state index in [0.29, 0.717) is 0 Å². The summed E-state index contributed by atoms with van der Waals surface area (Å²) in [6, 6.07) is 6.31. The SMILES string of the molecule is Cn1cc(C(=O)O)cc1-c1ccccc1C(F)(F)F. The van der Waals surface area contributed by atoms with Crippen molar-refractivity contribution < 1.29 is 23.1 Å². The number of aromatic nitrogens is 1. The minimum absolute atomic E-state index is 0.0370. The number of carboxylic acid groups (broad SMARTS) is 1. The van der Waals surface area contributed by atoms with E-state index < -0.39 is 17.7 Å². The first-order valence-electron chi connectivity index (χ1n) is 5.37. The topological polar surface area (TPSA) is 42.2 Å². The second-order valence-electron chi connectivity index (χ2n) is 4.07. The van der Waals surface area contributed by atoms with Gasteiger partial charge in [0, 0.05) is 24.5 Å². The van der Waals surface area contributed by atoms with Crippen molar-refractivity contribution in [2.24, 2.45) is 7.05 Å². The van der Waals surface area contributed by atoms with E-state index in [1.54, 1.807) is 0 Å². The average Bonchev–Trinajstić information content (AvgIpc) is 2.70. The number of halogens is 3. The van der Waals surface area contributed by atoms with Crippen molar-refractivity contribution in [2.45, 2.75) is 6.18 Å². The van der Waals surface area contributed by atoms with Gasteiger partial charge in [-0.15, -0.1) is 0 Å². The smallest absolute Gasteiger partial charge is 0.417 e. The first-order valence-corrected chi connectivity index (χ1v) is 5.37. The minimum Gasteiger partial charge on any atom is -0.478 e. The zero-order valence-corrected chi connectivity index (χ0v) is 9.90. The Balaban J connectivity index is 2.63. The van der Waals surface area contributed by atoms with Crippen molar-refractivity contribution in [3.63, 3.8) is 0 Å². The van der Waals surface area contributed by atoms with Gasteiger partial charge < -0.3 is 9.67 Å². The van der Waals surface area contributed by atoms with E-state index in [-0.39, 0.29) is 16.8 Å². The van der Waals surface area contributed by atoms with Crippen LogP contribution in [0.25, 0.3) is 11.3 Å². The lowest BCUT2D eigenvalue weighted by Crippen LogP contribution is -2.07. The molecule has 0 bridgehead atoms. The molecule has 1 N–H and O–H groups in total. The molecule has 0 saturated carbocycles. The van der Waals surface area contributed by atoms with E-state index in [4.69, 9.17) is 5.11 Å². The quantitative estimate of drug-likeness (QED) is 0.907. The molecule has 1 aromatic heterocycles. The number of aromatic carboxylic acids is 1. The Morgan fingerprint density at radius 2 is 1.89 bits per heavy atom. The van der Waals surface area contributed by atoms with Gasteiger partial charge in [-0.05, 0) is 12.1 Å². The maximum absolute atomic E-state index is 12.9. The number of alkyl halides is 3. The molecule has 0 aliphatic carbocycles. The summed E-state index contributed by atoms with van der Waals surface area (Å²) in [5, 5.41) is 8.86. The molecule has 3 nitrogen and oxygen atoms in total. The molecular formula is C13H10F3NO2. The zero-order valence-electron chi connectivity index (χ0n) is 9.90. The third kappa shape index (κ3) is 2.47. The van der Waals surface area contributed by atoms with Crippen molar-refractivity contribution in [1.29, 1.82) is 0 Å². The molecule has 1 heterocycles. The molecule has 1 aromatic carbocycles. The van der Waals surface area contributed by atoms with E-state index in [1.165, 1.54) is 42.1 Å². The van der Waals surface area contributed by atoms with Crippen LogP contribution in [0.15, 0.2) is 36.5 Å². The van der Waals surface area contributed by atoms with Crippen LogP contribution in [0.2, 0.25) is 0 Å². The molecule has 6 heteroatoms. The zero-order chi connectivity index (χ0) is 14.2. The molecule has 0 saturated heterocycles. The molecule has 0 unspecified atom stereocenters. The van der Waals surface area contributed by atoms with Gasteiger partial charge in [-0.1, -0.05) is 18.2 Å². The summed E-state index contributed by atoms with van der Waals surface area (Å²) in [5.41, 5.74) is -0.655. The number of carboxylic acids is 1. The van der Waals surface area contributed by atoms with Crippen LogP contribution in [-0.2, 0) is 13.2 Å². The monoisotopic (exact) mass is 269 g/mol. The highest BCUT2D eigenvalue weighted by atomic mass is 19.4. The highest BCUT2D eigenvalue weighted by Crippen LogP contribution is 2.37. The molecule has 2 aromatic rings. The largest absolute Gasteiger partial charge is 0.478 e. The van der Waals surface area contributed by atoms with Crippen molar-refractivity contribution in [3.8, 4) is 11.3 Å². The molecule has 0 amide bonds. The second kappa shape index (κ2) is 4.46. The number of hydrogen-bond acceptors (Lipinski definition) is 1. The van der Waals surface area contributed by atoms with E-state index in [2.05, 4.69) is 0 Å². The fourth-order valence-electron chi connectivity index (χ4n) is 1.90. The first-order chi connectivity index (χ1) is 8.80. The number of rotatable bonds is 2. The summed E-state index contributed by atoms with van der Waals surface area (Å²) >= 11 is 0. The number of hydrogen-bond donors (Lipinski definition) is 1. The highest BCUT2D eigenvalue weighted by Gasteiger charge is 2.34. The van der Waals surface area contributed by atoms with Crippen LogP contribution in [0.4, 0.5) is 13.2 Å². The van der Waals surface area contributed by atoms with E-state index in [9.17, 15) is 18.0 Å². The molecule has 0 spiro atoms.